The van der Waals surface area contributed by atoms with Gasteiger partial charge in [-0.2, -0.15) is 5.10 Å². The number of para-hydroxylation sites is 1. The zero-order chi connectivity index (χ0) is 21.1. The molecule has 1 saturated carbocycles. The molecule has 0 N–H and O–H groups in total. The summed E-state index contributed by atoms with van der Waals surface area (Å²) in [4.78, 5) is 27.2. The van der Waals surface area contributed by atoms with E-state index in [0.717, 1.165) is 29.8 Å². The minimum absolute atomic E-state index is 0.250. The minimum atomic E-state index is -0.894. The SMILES string of the molecule is C[C@@H](OC(=O)c1cc(C2CC2)nn1-c1ccccc1)C(=O)N(C)Cc1ccccc1. The van der Waals surface area contributed by atoms with Crippen LogP contribution in [-0.2, 0) is 16.1 Å². The maximum atomic E-state index is 12.9. The molecule has 6 nitrogen and oxygen atoms in total. The van der Waals surface area contributed by atoms with Gasteiger partial charge in [0.15, 0.2) is 11.8 Å². The molecule has 1 aliphatic rings. The average molecular weight is 403 g/mol. The third-order valence-corrected chi connectivity index (χ3v) is 5.20. The molecule has 1 aliphatic carbocycles. The standard InChI is InChI=1S/C24H25N3O3/c1-17(23(28)26(2)16-18-9-5-3-6-10-18)30-24(29)22-15-21(19-13-14-19)25-27(22)20-11-7-4-8-12-20/h3-12,15,17,19H,13-14,16H2,1-2H3/t17-/m1/s1. The van der Waals surface area contributed by atoms with Crippen LogP contribution in [-0.4, -0.2) is 39.7 Å². The average Bonchev–Trinajstić information content (AvgIpc) is 3.52. The molecule has 1 aromatic heterocycles. The molecular formula is C24H25N3O3. The van der Waals surface area contributed by atoms with Crippen molar-refractivity contribution >= 4 is 11.9 Å². The monoisotopic (exact) mass is 403 g/mol. The summed E-state index contributed by atoms with van der Waals surface area (Å²) in [6.07, 6.45) is 1.27. The van der Waals surface area contributed by atoms with Gasteiger partial charge in [-0.1, -0.05) is 48.5 Å². The van der Waals surface area contributed by atoms with Gasteiger partial charge in [0.2, 0.25) is 0 Å². The topological polar surface area (TPSA) is 64.4 Å². The Morgan fingerprint density at radius 1 is 1.10 bits per heavy atom. The Morgan fingerprint density at radius 3 is 2.37 bits per heavy atom. The van der Waals surface area contributed by atoms with Gasteiger partial charge >= 0.3 is 5.97 Å². The Labute approximate surface area is 176 Å². The lowest BCUT2D eigenvalue weighted by Gasteiger charge is -2.21. The maximum Gasteiger partial charge on any atom is 0.357 e. The summed E-state index contributed by atoms with van der Waals surface area (Å²) < 4.78 is 7.15. The van der Waals surface area contributed by atoms with Crippen LogP contribution >= 0.6 is 0 Å². The number of hydrogen-bond donors (Lipinski definition) is 0. The molecule has 1 heterocycles. The van der Waals surface area contributed by atoms with Crippen molar-refractivity contribution in [3.05, 3.63) is 83.7 Å². The number of nitrogens with zero attached hydrogens (tertiary/aromatic N) is 3. The highest BCUT2D eigenvalue weighted by molar-refractivity contribution is 5.91. The van der Waals surface area contributed by atoms with Crippen molar-refractivity contribution in [3.8, 4) is 5.69 Å². The van der Waals surface area contributed by atoms with Gasteiger partial charge in [-0.3, -0.25) is 4.79 Å². The molecule has 30 heavy (non-hydrogen) atoms. The number of benzene rings is 2. The van der Waals surface area contributed by atoms with Crippen molar-refractivity contribution in [1.82, 2.24) is 14.7 Å². The molecule has 1 amide bonds. The van der Waals surface area contributed by atoms with Crippen molar-refractivity contribution < 1.29 is 14.3 Å². The Morgan fingerprint density at radius 2 is 1.73 bits per heavy atom. The van der Waals surface area contributed by atoms with Crippen LogP contribution < -0.4 is 0 Å². The van der Waals surface area contributed by atoms with Crippen molar-refractivity contribution in [2.75, 3.05) is 7.05 Å². The number of rotatable bonds is 7. The van der Waals surface area contributed by atoms with Crippen LogP contribution in [0.5, 0.6) is 0 Å². The van der Waals surface area contributed by atoms with E-state index in [0.29, 0.717) is 18.2 Å². The second kappa shape index (κ2) is 8.53. The van der Waals surface area contributed by atoms with E-state index in [4.69, 9.17) is 4.74 Å². The van der Waals surface area contributed by atoms with Crippen molar-refractivity contribution in [2.45, 2.75) is 38.3 Å². The lowest BCUT2D eigenvalue weighted by Crippen LogP contribution is -2.37. The second-order valence-electron chi connectivity index (χ2n) is 7.70. The number of aromatic nitrogens is 2. The lowest BCUT2D eigenvalue weighted by molar-refractivity contribution is -0.139. The van der Waals surface area contributed by atoms with E-state index in [1.54, 1.807) is 29.6 Å². The third-order valence-electron chi connectivity index (χ3n) is 5.20. The van der Waals surface area contributed by atoms with Gasteiger partial charge in [-0.05, 0) is 43.5 Å². The fourth-order valence-corrected chi connectivity index (χ4v) is 3.41. The molecule has 0 spiro atoms. The number of carbonyl (C=O) groups excluding carboxylic acids is 2. The van der Waals surface area contributed by atoms with E-state index in [2.05, 4.69) is 5.10 Å². The van der Waals surface area contributed by atoms with Gasteiger partial charge in [0.25, 0.3) is 5.91 Å². The molecule has 4 rings (SSSR count). The summed E-state index contributed by atoms with van der Waals surface area (Å²) in [5.41, 5.74) is 3.04. The van der Waals surface area contributed by atoms with E-state index in [1.807, 2.05) is 60.7 Å². The summed E-state index contributed by atoms with van der Waals surface area (Å²) in [5.74, 6) is -0.398. The first-order valence-corrected chi connectivity index (χ1v) is 10.2. The van der Waals surface area contributed by atoms with Crippen LogP contribution in [0.25, 0.3) is 5.69 Å². The summed E-state index contributed by atoms with van der Waals surface area (Å²) in [6.45, 7) is 2.06. The highest BCUT2D eigenvalue weighted by Crippen LogP contribution is 2.39. The molecule has 1 atom stereocenters. The largest absolute Gasteiger partial charge is 0.448 e. The molecule has 154 valence electrons. The molecule has 0 aliphatic heterocycles. The summed E-state index contributed by atoms with van der Waals surface area (Å²) >= 11 is 0. The van der Waals surface area contributed by atoms with Crippen LogP contribution in [0.4, 0.5) is 0 Å². The van der Waals surface area contributed by atoms with Crippen LogP contribution in [0.15, 0.2) is 66.7 Å². The smallest absolute Gasteiger partial charge is 0.357 e. The molecule has 3 aromatic rings. The van der Waals surface area contributed by atoms with Gasteiger partial charge in [0.05, 0.1) is 11.4 Å². The lowest BCUT2D eigenvalue weighted by atomic mass is 10.2. The molecule has 2 aromatic carbocycles. The zero-order valence-electron chi connectivity index (χ0n) is 17.2. The van der Waals surface area contributed by atoms with E-state index in [9.17, 15) is 9.59 Å². The van der Waals surface area contributed by atoms with Crippen LogP contribution in [0.1, 0.15) is 47.4 Å². The van der Waals surface area contributed by atoms with E-state index in [1.165, 1.54) is 0 Å². The molecule has 6 heteroatoms. The van der Waals surface area contributed by atoms with Gasteiger partial charge in [-0.15, -0.1) is 0 Å². The quantitative estimate of drug-likeness (QED) is 0.560. The Balaban J connectivity index is 1.48. The predicted molar refractivity (Wildman–Crippen MR) is 113 cm³/mol. The maximum absolute atomic E-state index is 12.9. The third kappa shape index (κ3) is 4.43. The van der Waals surface area contributed by atoms with Gasteiger partial charge < -0.3 is 9.64 Å². The van der Waals surface area contributed by atoms with Crippen molar-refractivity contribution in [3.63, 3.8) is 0 Å². The number of hydrogen-bond acceptors (Lipinski definition) is 4. The fraction of sp³-hybridized carbons (Fsp3) is 0.292. The van der Waals surface area contributed by atoms with Crippen molar-refractivity contribution in [2.24, 2.45) is 0 Å². The number of likely N-dealkylation sites (N-methyl/N-ethyl adjacent to an activating group) is 1. The Bertz CT molecular complexity index is 1030. The first kappa shape index (κ1) is 19.9. The van der Waals surface area contributed by atoms with Gasteiger partial charge in [0.1, 0.15) is 0 Å². The molecule has 0 unspecified atom stereocenters. The summed E-state index contributed by atoms with van der Waals surface area (Å²) in [7, 11) is 1.71. The van der Waals surface area contributed by atoms with Crippen LogP contribution in [0.3, 0.4) is 0 Å². The van der Waals surface area contributed by atoms with Gasteiger partial charge in [0, 0.05) is 19.5 Å². The first-order valence-electron chi connectivity index (χ1n) is 10.2. The molecular weight excluding hydrogens is 378 g/mol. The van der Waals surface area contributed by atoms with Gasteiger partial charge in [-0.25, -0.2) is 9.48 Å². The van der Waals surface area contributed by atoms with Crippen LogP contribution in [0, 0.1) is 0 Å². The first-order chi connectivity index (χ1) is 14.5. The van der Waals surface area contributed by atoms with E-state index < -0.39 is 12.1 Å². The highest BCUT2D eigenvalue weighted by Gasteiger charge is 2.31. The van der Waals surface area contributed by atoms with Crippen molar-refractivity contribution in [1.29, 1.82) is 0 Å². The number of amides is 1. The minimum Gasteiger partial charge on any atom is -0.448 e. The predicted octanol–water partition coefficient (Wildman–Crippen LogP) is 3.95. The highest BCUT2D eigenvalue weighted by atomic mass is 16.5. The fourth-order valence-electron chi connectivity index (χ4n) is 3.41. The second-order valence-corrected chi connectivity index (χ2v) is 7.70. The van der Waals surface area contributed by atoms with E-state index >= 15 is 0 Å². The molecule has 0 radical (unpaired) electrons. The normalized spacial score (nSPS) is 14.2. The van der Waals surface area contributed by atoms with Crippen LogP contribution in [0.2, 0.25) is 0 Å². The molecule has 0 bridgehead atoms. The summed E-state index contributed by atoms with van der Waals surface area (Å²) in [5, 5.41) is 4.63. The zero-order valence-corrected chi connectivity index (χ0v) is 17.2. The number of carbonyl (C=O) groups is 2. The van der Waals surface area contributed by atoms with E-state index in [-0.39, 0.29) is 5.91 Å². The molecule has 1 fully saturated rings. The number of ether oxygens (including phenoxy) is 1. The number of esters is 1. The Hall–Kier alpha value is -3.41. The summed E-state index contributed by atoms with van der Waals surface area (Å²) in [6, 6.07) is 21.0. The Kier molecular flexibility index (Phi) is 5.65. The molecule has 0 saturated heterocycles.